The molecule has 0 aromatic carbocycles. The number of hydrogen-bond acceptors (Lipinski definition) is 6. The second-order valence-electron chi connectivity index (χ2n) is 21.7. The molecule has 0 N–H and O–H groups in total. The van der Waals surface area contributed by atoms with E-state index in [0.717, 1.165) is 77.0 Å². The first-order chi connectivity index (χ1) is 35.5. The maximum atomic E-state index is 12.9. The molecule has 72 heavy (non-hydrogen) atoms. The van der Waals surface area contributed by atoms with Gasteiger partial charge >= 0.3 is 17.9 Å². The molecule has 0 aromatic heterocycles. The fraction of sp³-hybridized carbons (Fsp3) is 0.864. The molecule has 0 aromatic rings. The molecule has 0 aliphatic heterocycles. The van der Waals surface area contributed by atoms with Crippen LogP contribution in [0, 0.1) is 0 Å². The molecule has 0 amide bonds. The van der Waals surface area contributed by atoms with Gasteiger partial charge in [-0.05, 0) is 51.4 Å². The summed E-state index contributed by atoms with van der Waals surface area (Å²) in [5.41, 5.74) is 0. The third kappa shape index (κ3) is 58.5. The molecular weight excluding hydrogens is 889 g/mol. The van der Waals surface area contributed by atoms with Gasteiger partial charge in [-0.2, -0.15) is 0 Å². The number of allylic oxidation sites excluding steroid dienone is 6. The van der Waals surface area contributed by atoms with Crippen LogP contribution in [0.3, 0.4) is 0 Å². The number of carbonyl (C=O) groups is 3. The van der Waals surface area contributed by atoms with Crippen LogP contribution in [0.1, 0.15) is 348 Å². The summed E-state index contributed by atoms with van der Waals surface area (Å²) in [6.45, 7) is 6.60. The average Bonchev–Trinajstić information content (AvgIpc) is 3.38. The van der Waals surface area contributed by atoms with Gasteiger partial charge in [-0.15, -0.1) is 0 Å². The number of hydrogen-bond donors (Lipinski definition) is 0. The van der Waals surface area contributed by atoms with Gasteiger partial charge in [-0.1, -0.05) is 314 Å². The topological polar surface area (TPSA) is 78.9 Å². The van der Waals surface area contributed by atoms with Crippen molar-refractivity contribution >= 4 is 17.9 Å². The fourth-order valence-corrected chi connectivity index (χ4v) is 9.64. The Hall–Kier alpha value is -2.37. The molecule has 1 unspecified atom stereocenters. The molecule has 0 saturated carbocycles. The van der Waals surface area contributed by atoms with Crippen molar-refractivity contribution in [3.05, 3.63) is 36.5 Å². The number of ether oxygens (including phenoxy) is 3. The lowest BCUT2D eigenvalue weighted by Gasteiger charge is -2.18. The predicted octanol–water partition coefficient (Wildman–Crippen LogP) is 21.6. The third-order valence-corrected chi connectivity index (χ3v) is 14.4. The quantitative estimate of drug-likeness (QED) is 0.0261. The van der Waals surface area contributed by atoms with E-state index in [1.165, 1.54) is 231 Å². The maximum absolute atomic E-state index is 12.9. The zero-order valence-corrected chi connectivity index (χ0v) is 48.5. The zero-order valence-electron chi connectivity index (χ0n) is 48.5. The molecule has 0 aliphatic carbocycles. The molecule has 422 valence electrons. The Kier molecular flexibility index (Phi) is 59.2. The number of rotatable bonds is 59. The summed E-state index contributed by atoms with van der Waals surface area (Å²) in [4.78, 5) is 38.3. The molecule has 0 aliphatic rings. The first-order valence-corrected chi connectivity index (χ1v) is 32.0. The molecule has 0 rings (SSSR count). The van der Waals surface area contributed by atoms with E-state index in [4.69, 9.17) is 14.2 Å². The Bertz CT molecular complexity index is 1210. The van der Waals surface area contributed by atoms with E-state index in [1.54, 1.807) is 0 Å². The van der Waals surface area contributed by atoms with Gasteiger partial charge in [-0.25, -0.2) is 0 Å². The van der Waals surface area contributed by atoms with Gasteiger partial charge in [0.15, 0.2) is 6.10 Å². The first-order valence-electron chi connectivity index (χ1n) is 32.0. The zero-order chi connectivity index (χ0) is 52.2. The molecular formula is C66H122O6. The molecule has 1 atom stereocenters. The van der Waals surface area contributed by atoms with Crippen LogP contribution in [-0.2, 0) is 28.6 Å². The van der Waals surface area contributed by atoms with Crippen LogP contribution in [0.4, 0.5) is 0 Å². The standard InChI is InChI=1S/C66H122O6/c1-4-7-10-13-16-19-22-25-28-31-33-35-38-41-44-47-50-53-56-59-65(68)71-62-63(61-70-64(67)58-55-52-49-46-43-40-37-30-27-24-21-18-15-12-9-6-3)72-66(69)60-57-54-51-48-45-42-39-36-34-32-29-26-23-20-17-14-11-8-5-2/h7,10,16,19,25,28,63H,4-6,8-9,11-15,17-18,20-24,26-27,29-62H2,1-3H3/b10-7-,19-16-,28-25-. The van der Waals surface area contributed by atoms with Crippen molar-refractivity contribution in [2.75, 3.05) is 13.2 Å². The largest absolute Gasteiger partial charge is 0.462 e. The van der Waals surface area contributed by atoms with Crippen LogP contribution in [0.15, 0.2) is 36.5 Å². The summed E-state index contributed by atoms with van der Waals surface area (Å²) in [6.07, 6.45) is 74.3. The molecule has 0 bridgehead atoms. The van der Waals surface area contributed by atoms with E-state index < -0.39 is 6.10 Å². The van der Waals surface area contributed by atoms with Gasteiger partial charge in [0.25, 0.3) is 0 Å². The third-order valence-electron chi connectivity index (χ3n) is 14.4. The summed E-state index contributed by atoms with van der Waals surface area (Å²) in [7, 11) is 0. The van der Waals surface area contributed by atoms with Crippen LogP contribution in [0.25, 0.3) is 0 Å². The molecule has 6 heteroatoms. The van der Waals surface area contributed by atoms with Gasteiger partial charge < -0.3 is 14.2 Å². The summed E-state index contributed by atoms with van der Waals surface area (Å²) in [6, 6.07) is 0. The summed E-state index contributed by atoms with van der Waals surface area (Å²) >= 11 is 0. The van der Waals surface area contributed by atoms with Crippen molar-refractivity contribution < 1.29 is 28.6 Å². The molecule has 6 nitrogen and oxygen atoms in total. The smallest absolute Gasteiger partial charge is 0.306 e. The molecule has 0 fully saturated rings. The van der Waals surface area contributed by atoms with Gasteiger partial charge in [-0.3, -0.25) is 14.4 Å². The Morgan fingerprint density at radius 3 is 0.847 bits per heavy atom. The highest BCUT2D eigenvalue weighted by Crippen LogP contribution is 2.18. The van der Waals surface area contributed by atoms with Crippen molar-refractivity contribution in [1.29, 1.82) is 0 Å². The van der Waals surface area contributed by atoms with E-state index in [0.29, 0.717) is 19.3 Å². The van der Waals surface area contributed by atoms with Crippen LogP contribution in [-0.4, -0.2) is 37.2 Å². The lowest BCUT2D eigenvalue weighted by molar-refractivity contribution is -0.167. The monoisotopic (exact) mass is 1010 g/mol. The van der Waals surface area contributed by atoms with Crippen LogP contribution >= 0.6 is 0 Å². The van der Waals surface area contributed by atoms with Gasteiger partial charge in [0.2, 0.25) is 0 Å². The Morgan fingerprint density at radius 1 is 0.292 bits per heavy atom. The van der Waals surface area contributed by atoms with Gasteiger partial charge in [0.05, 0.1) is 0 Å². The minimum absolute atomic E-state index is 0.0678. The van der Waals surface area contributed by atoms with Gasteiger partial charge in [0.1, 0.15) is 13.2 Å². The second-order valence-corrected chi connectivity index (χ2v) is 21.7. The molecule has 0 radical (unpaired) electrons. The van der Waals surface area contributed by atoms with E-state index in [9.17, 15) is 14.4 Å². The lowest BCUT2D eigenvalue weighted by atomic mass is 10.0. The first kappa shape index (κ1) is 69.6. The van der Waals surface area contributed by atoms with Crippen molar-refractivity contribution in [3.8, 4) is 0 Å². The van der Waals surface area contributed by atoms with Crippen LogP contribution in [0.2, 0.25) is 0 Å². The maximum Gasteiger partial charge on any atom is 0.306 e. The van der Waals surface area contributed by atoms with E-state index in [2.05, 4.69) is 57.2 Å². The van der Waals surface area contributed by atoms with E-state index in [-0.39, 0.29) is 31.1 Å². The minimum Gasteiger partial charge on any atom is -0.462 e. The second kappa shape index (κ2) is 61.2. The Morgan fingerprint density at radius 2 is 0.542 bits per heavy atom. The molecule has 0 heterocycles. The average molecular weight is 1010 g/mol. The number of unbranched alkanes of at least 4 members (excludes halogenated alkanes) is 42. The molecule has 0 saturated heterocycles. The fourth-order valence-electron chi connectivity index (χ4n) is 9.64. The predicted molar refractivity (Wildman–Crippen MR) is 312 cm³/mol. The minimum atomic E-state index is -0.771. The summed E-state index contributed by atoms with van der Waals surface area (Å²) in [5, 5.41) is 0. The van der Waals surface area contributed by atoms with Crippen LogP contribution in [0.5, 0.6) is 0 Å². The van der Waals surface area contributed by atoms with E-state index in [1.807, 2.05) is 0 Å². The molecule has 0 spiro atoms. The number of esters is 3. The summed E-state index contributed by atoms with van der Waals surface area (Å²) in [5.74, 6) is -0.846. The highest BCUT2D eigenvalue weighted by atomic mass is 16.6. The Labute approximate surface area is 448 Å². The van der Waals surface area contributed by atoms with Crippen molar-refractivity contribution in [1.82, 2.24) is 0 Å². The highest BCUT2D eigenvalue weighted by molar-refractivity contribution is 5.71. The highest BCUT2D eigenvalue weighted by Gasteiger charge is 2.19. The van der Waals surface area contributed by atoms with Crippen molar-refractivity contribution in [3.63, 3.8) is 0 Å². The normalized spacial score (nSPS) is 12.2. The van der Waals surface area contributed by atoms with Gasteiger partial charge in [0, 0.05) is 19.3 Å². The van der Waals surface area contributed by atoms with E-state index >= 15 is 0 Å². The number of carbonyl (C=O) groups excluding carboxylic acids is 3. The summed E-state index contributed by atoms with van der Waals surface area (Å²) < 4.78 is 17.0. The SMILES string of the molecule is CC/C=C\C/C=C\C/C=C\CCCCCCCCCCCC(=O)OCC(COC(=O)CCCCCCCCCCCCCCCCCC)OC(=O)CCCCCCCCCCCCCCCCCCCCC. The Balaban J connectivity index is 4.32. The van der Waals surface area contributed by atoms with Crippen molar-refractivity contribution in [2.45, 2.75) is 354 Å². The van der Waals surface area contributed by atoms with Crippen LogP contribution < -0.4 is 0 Å². The lowest BCUT2D eigenvalue weighted by Crippen LogP contribution is -2.30. The van der Waals surface area contributed by atoms with Crippen molar-refractivity contribution in [2.24, 2.45) is 0 Å².